The van der Waals surface area contributed by atoms with Gasteiger partial charge in [0.1, 0.15) is 6.10 Å². The molecule has 0 saturated carbocycles. The van der Waals surface area contributed by atoms with Gasteiger partial charge < -0.3 is 9.16 Å². The lowest BCUT2D eigenvalue weighted by Gasteiger charge is -2.39. The maximum absolute atomic E-state index is 6.36. The van der Waals surface area contributed by atoms with E-state index >= 15 is 0 Å². The average Bonchev–Trinajstić information content (AvgIpc) is 2.77. The standard InChI is InChI=1S/C17H29O5/c1-7-13-10(2)11(3)14-15(19-13)22-17(21-14)16(5,6)8-9-18-12(4)20-17/h10-11,13-15H,7-9H2,1-6H3/q+1/t10-,11-,13?,14?,15+,17?/m0/s1. The van der Waals surface area contributed by atoms with Crippen LogP contribution in [0.25, 0.3) is 0 Å². The van der Waals surface area contributed by atoms with Gasteiger partial charge in [0.05, 0.1) is 18.4 Å². The molecule has 2 saturated heterocycles. The molecule has 3 aliphatic heterocycles. The van der Waals surface area contributed by atoms with Crippen LogP contribution in [0.3, 0.4) is 0 Å². The van der Waals surface area contributed by atoms with Crippen LogP contribution in [0, 0.1) is 17.3 Å². The predicted octanol–water partition coefficient (Wildman–Crippen LogP) is 2.99. The Hall–Kier alpha value is -0.650. The van der Waals surface area contributed by atoms with E-state index in [-0.39, 0.29) is 23.9 Å². The van der Waals surface area contributed by atoms with E-state index in [2.05, 4.69) is 34.6 Å². The van der Waals surface area contributed by atoms with Crippen LogP contribution in [0.1, 0.15) is 54.4 Å². The number of rotatable bonds is 1. The molecule has 6 atom stereocenters. The molecule has 3 aliphatic rings. The van der Waals surface area contributed by atoms with Gasteiger partial charge in [-0.15, -0.1) is 0 Å². The van der Waals surface area contributed by atoms with Crippen molar-refractivity contribution in [3.05, 3.63) is 0 Å². The lowest BCUT2D eigenvalue weighted by atomic mass is 9.82. The first-order valence-electron chi connectivity index (χ1n) is 8.46. The number of hydrogen-bond donors (Lipinski definition) is 0. The van der Waals surface area contributed by atoms with Crippen molar-refractivity contribution in [3.63, 3.8) is 0 Å². The number of ether oxygens (including phenoxy) is 4. The highest BCUT2D eigenvalue weighted by atomic mass is 16.9. The van der Waals surface area contributed by atoms with E-state index in [9.17, 15) is 0 Å². The number of hydrogen-bond acceptors (Lipinski definition) is 4. The molecule has 126 valence electrons. The fraction of sp³-hybridized carbons (Fsp3) is 0.941. The largest absolute Gasteiger partial charge is 0.486 e. The summed E-state index contributed by atoms with van der Waals surface area (Å²) in [5.41, 5.74) is -0.323. The second-order valence-electron chi connectivity index (χ2n) is 7.50. The van der Waals surface area contributed by atoms with Crippen LogP contribution < -0.4 is 0 Å². The third-order valence-corrected chi connectivity index (χ3v) is 5.62. The van der Waals surface area contributed by atoms with E-state index in [4.69, 9.17) is 23.4 Å². The molecule has 0 aromatic carbocycles. The quantitative estimate of drug-likeness (QED) is 0.551. The molecule has 0 amide bonds. The highest BCUT2D eigenvalue weighted by Crippen LogP contribution is 2.51. The number of fused-ring (bicyclic) bond motifs is 1. The zero-order valence-electron chi connectivity index (χ0n) is 14.5. The minimum absolute atomic E-state index is 0.108. The van der Waals surface area contributed by atoms with Gasteiger partial charge in [-0.2, -0.15) is 0 Å². The van der Waals surface area contributed by atoms with Crippen molar-refractivity contribution in [2.24, 2.45) is 17.3 Å². The maximum atomic E-state index is 6.36. The Labute approximate surface area is 132 Å². The van der Waals surface area contributed by atoms with E-state index < -0.39 is 5.97 Å². The normalized spacial score (nSPS) is 47.5. The smallest absolute Gasteiger partial charge is 0.346 e. The monoisotopic (exact) mass is 313 g/mol. The van der Waals surface area contributed by atoms with E-state index in [1.165, 1.54) is 0 Å². The van der Waals surface area contributed by atoms with Gasteiger partial charge in [0.2, 0.25) is 0 Å². The van der Waals surface area contributed by atoms with Gasteiger partial charge in [-0.1, -0.05) is 20.8 Å². The van der Waals surface area contributed by atoms with Gasteiger partial charge in [0, 0.05) is 6.42 Å². The summed E-state index contributed by atoms with van der Waals surface area (Å²) < 4.78 is 30.3. The van der Waals surface area contributed by atoms with Crippen LogP contribution in [-0.2, 0) is 23.4 Å². The maximum Gasteiger partial charge on any atom is 0.486 e. The molecule has 3 unspecified atom stereocenters. The summed E-state index contributed by atoms with van der Waals surface area (Å²) in [4.78, 5) is 0. The zero-order valence-corrected chi connectivity index (χ0v) is 14.5. The Kier molecular flexibility index (Phi) is 4.03. The second-order valence-corrected chi connectivity index (χ2v) is 7.50. The molecule has 0 aromatic rings. The van der Waals surface area contributed by atoms with Gasteiger partial charge in [0.15, 0.2) is 12.9 Å². The highest BCUT2D eigenvalue weighted by molar-refractivity contribution is 5.67. The third kappa shape index (κ3) is 2.38. The average molecular weight is 313 g/mol. The lowest BCUT2D eigenvalue weighted by Crippen LogP contribution is -2.49. The van der Waals surface area contributed by atoms with Crippen LogP contribution >= 0.6 is 0 Å². The van der Waals surface area contributed by atoms with E-state index in [1.807, 2.05) is 0 Å². The number of esters is 1. The van der Waals surface area contributed by atoms with E-state index in [0.717, 1.165) is 12.8 Å². The molecular weight excluding hydrogens is 284 g/mol. The lowest BCUT2D eigenvalue weighted by molar-refractivity contribution is -0.469. The molecule has 2 fully saturated rings. The predicted molar refractivity (Wildman–Crippen MR) is 81.0 cm³/mol. The molecule has 5 nitrogen and oxygen atoms in total. The summed E-state index contributed by atoms with van der Waals surface area (Å²) in [6, 6.07) is 0. The molecule has 22 heavy (non-hydrogen) atoms. The summed E-state index contributed by atoms with van der Waals surface area (Å²) >= 11 is 0. The van der Waals surface area contributed by atoms with Gasteiger partial charge in [-0.25, -0.2) is 0 Å². The summed E-state index contributed by atoms with van der Waals surface area (Å²) in [7, 11) is 0. The summed E-state index contributed by atoms with van der Waals surface area (Å²) in [6.07, 6.45) is 1.49. The minimum Gasteiger partial charge on any atom is -0.346 e. The van der Waals surface area contributed by atoms with Crippen molar-refractivity contribution in [2.45, 2.75) is 78.9 Å². The Balaban J connectivity index is 1.90. The minimum atomic E-state index is -1.13. The van der Waals surface area contributed by atoms with Crippen molar-refractivity contribution in [2.75, 3.05) is 6.61 Å². The fourth-order valence-electron chi connectivity index (χ4n) is 3.67. The van der Waals surface area contributed by atoms with Gasteiger partial charge in [-0.05, 0) is 32.1 Å². The second kappa shape index (κ2) is 5.46. The van der Waals surface area contributed by atoms with Crippen LogP contribution in [0.2, 0.25) is 0 Å². The molecule has 0 aromatic heterocycles. The Morgan fingerprint density at radius 1 is 1.18 bits per heavy atom. The van der Waals surface area contributed by atoms with Crippen molar-refractivity contribution in [3.8, 4) is 0 Å². The van der Waals surface area contributed by atoms with Crippen LogP contribution in [0.4, 0.5) is 0 Å². The first-order valence-corrected chi connectivity index (χ1v) is 8.46. The summed E-state index contributed by atoms with van der Waals surface area (Å²) in [5, 5.41) is 0. The van der Waals surface area contributed by atoms with Crippen molar-refractivity contribution in [1.29, 1.82) is 0 Å². The van der Waals surface area contributed by atoms with Crippen molar-refractivity contribution in [1.82, 2.24) is 0 Å². The first-order chi connectivity index (χ1) is 10.3. The Morgan fingerprint density at radius 2 is 1.91 bits per heavy atom. The van der Waals surface area contributed by atoms with Crippen LogP contribution in [0.15, 0.2) is 0 Å². The molecular formula is C17H29O5+. The van der Waals surface area contributed by atoms with E-state index in [1.54, 1.807) is 6.92 Å². The SMILES string of the molecule is CCC1O[C@@H]2OC3(OC(C)=[O+]CCC3(C)C)OC2[C@@H](C)[C@@H]1C. The van der Waals surface area contributed by atoms with Gasteiger partial charge in [-0.3, -0.25) is 14.2 Å². The Morgan fingerprint density at radius 3 is 2.59 bits per heavy atom. The zero-order chi connectivity index (χ0) is 16.1. The van der Waals surface area contributed by atoms with Crippen LogP contribution in [0.5, 0.6) is 0 Å². The molecule has 0 N–H and O–H groups in total. The van der Waals surface area contributed by atoms with Gasteiger partial charge >= 0.3 is 11.9 Å². The van der Waals surface area contributed by atoms with Crippen LogP contribution in [-0.4, -0.2) is 37.0 Å². The summed E-state index contributed by atoms with van der Waals surface area (Å²) in [6.45, 7) is 13.2. The van der Waals surface area contributed by atoms with Crippen molar-refractivity contribution < 1.29 is 23.4 Å². The van der Waals surface area contributed by atoms with E-state index in [0.29, 0.717) is 24.4 Å². The molecule has 0 aliphatic carbocycles. The molecule has 0 radical (unpaired) electrons. The summed E-state index contributed by atoms with van der Waals surface area (Å²) in [5.74, 6) is 0.156. The highest BCUT2D eigenvalue weighted by Gasteiger charge is 2.68. The topological polar surface area (TPSA) is 48.2 Å². The molecule has 5 heteroatoms. The molecule has 1 spiro atoms. The Bertz CT molecular complexity index is 460. The molecule has 0 bridgehead atoms. The fourth-order valence-corrected chi connectivity index (χ4v) is 3.67. The van der Waals surface area contributed by atoms with Gasteiger partial charge in [0.25, 0.3) is 0 Å². The molecule has 3 heterocycles. The first kappa shape index (κ1) is 16.2. The number of carbonyl (C=O) groups excluding carboxylic acids is 1. The third-order valence-electron chi connectivity index (χ3n) is 5.62. The molecule has 3 rings (SSSR count). The van der Waals surface area contributed by atoms with Crippen molar-refractivity contribution >= 4 is 5.97 Å².